The summed E-state index contributed by atoms with van der Waals surface area (Å²) in [5, 5.41) is 0. The van der Waals surface area contributed by atoms with Crippen LogP contribution in [0.3, 0.4) is 0 Å². The number of nitrogens with two attached hydrogens (primary N) is 1. The predicted molar refractivity (Wildman–Crippen MR) is 71.4 cm³/mol. The molecule has 0 spiro atoms. The number of aryl methyl sites for hydroxylation is 1. The number of hydrogen-bond donors (Lipinski definition) is 1. The first-order valence-corrected chi connectivity index (χ1v) is 5.85. The Morgan fingerprint density at radius 2 is 2.00 bits per heavy atom. The minimum absolute atomic E-state index is 0.172. The van der Waals surface area contributed by atoms with Gasteiger partial charge in [-0.25, -0.2) is 9.97 Å². The maximum absolute atomic E-state index is 5.84. The van der Waals surface area contributed by atoms with Gasteiger partial charge in [0.15, 0.2) is 0 Å². The van der Waals surface area contributed by atoms with Gasteiger partial charge in [0.2, 0.25) is 0 Å². The fraction of sp³-hybridized carbons (Fsp3) is 0.286. The van der Waals surface area contributed by atoms with Gasteiger partial charge in [0, 0.05) is 11.3 Å². The Morgan fingerprint density at radius 3 is 2.67 bits per heavy atom. The molecule has 2 rings (SSSR count). The Morgan fingerprint density at radius 1 is 1.22 bits per heavy atom. The number of benzene rings is 1. The van der Waals surface area contributed by atoms with Gasteiger partial charge in [-0.05, 0) is 32.0 Å². The van der Waals surface area contributed by atoms with Crippen LogP contribution in [-0.4, -0.2) is 17.1 Å². The largest absolute Gasteiger partial charge is 0.497 e. The number of ether oxygens (including phenoxy) is 1. The van der Waals surface area contributed by atoms with Crippen LogP contribution in [0.2, 0.25) is 0 Å². The molecule has 0 aliphatic rings. The maximum Gasteiger partial charge on any atom is 0.145 e. The summed E-state index contributed by atoms with van der Waals surface area (Å²) in [7, 11) is 1.65. The van der Waals surface area contributed by atoms with Gasteiger partial charge in [0.25, 0.3) is 0 Å². The normalized spacial score (nSPS) is 12.2. The van der Waals surface area contributed by atoms with Crippen molar-refractivity contribution in [2.45, 2.75) is 19.9 Å². The molecule has 0 fully saturated rings. The number of hydrogen-bond acceptors (Lipinski definition) is 4. The summed E-state index contributed by atoms with van der Waals surface area (Å²) in [6.45, 7) is 3.82. The second-order valence-electron chi connectivity index (χ2n) is 4.27. The van der Waals surface area contributed by atoms with Crippen molar-refractivity contribution >= 4 is 0 Å². The summed E-state index contributed by atoms with van der Waals surface area (Å²) < 4.78 is 5.22. The van der Waals surface area contributed by atoms with Gasteiger partial charge in [-0.15, -0.1) is 0 Å². The SMILES string of the molecule is COc1cccc(-c2cc(C)nc(C(C)N)n2)c1. The number of methoxy groups -OCH3 is 1. The second kappa shape index (κ2) is 5.14. The lowest BCUT2D eigenvalue weighted by molar-refractivity contribution is 0.415. The number of aromatic nitrogens is 2. The van der Waals surface area contributed by atoms with Crippen LogP contribution >= 0.6 is 0 Å². The van der Waals surface area contributed by atoms with Gasteiger partial charge in [-0.1, -0.05) is 12.1 Å². The fourth-order valence-electron chi connectivity index (χ4n) is 1.73. The Hall–Kier alpha value is -1.94. The molecule has 0 radical (unpaired) electrons. The van der Waals surface area contributed by atoms with Crippen LogP contribution in [-0.2, 0) is 0 Å². The summed E-state index contributed by atoms with van der Waals surface area (Å²) >= 11 is 0. The molecule has 1 aromatic carbocycles. The topological polar surface area (TPSA) is 61.0 Å². The molecule has 2 aromatic rings. The van der Waals surface area contributed by atoms with E-state index in [1.165, 1.54) is 0 Å². The van der Waals surface area contributed by atoms with E-state index in [9.17, 15) is 0 Å². The minimum Gasteiger partial charge on any atom is -0.497 e. The molecule has 0 amide bonds. The van der Waals surface area contributed by atoms with E-state index in [2.05, 4.69) is 9.97 Å². The molecule has 0 saturated carbocycles. The third-order valence-electron chi connectivity index (χ3n) is 2.64. The van der Waals surface area contributed by atoms with Crippen LogP contribution in [0.5, 0.6) is 5.75 Å². The van der Waals surface area contributed by atoms with Gasteiger partial charge < -0.3 is 10.5 Å². The smallest absolute Gasteiger partial charge is 0.145 e. The molecular weight excluding hydrogens is 226 g/mol. The van der Waals surface area contributed by atoms with Crippen molar-refractivity contribution in [3.63, 3.8) is 0 Å². The molecule has 1 aromatic heterocycles. The Kier molecular flexibility index (Phi) is 3.58. The highest BCUT2D eigenvalue weighted by Gasteiger charge is 2.08. The lowest BCUT2D eigenvalue weighted by Crippen LogP contribution is -2.11. The third-order valence-corrected chi connectivity index (χ3v) is 2.64. The van der Waals surface area contributed by atoms with Gasteiger partial charge in [-0.3, -0.25) is 0 Å². The third kappa shape index (κ3) is 2.65. The number of rotatable bonds is 3. The quantitative estimate of drug-likeness (QED) is 0.899. The van der Waals surface area contributed by atoms with E-state index < -0.39 is 0 Å². The predicted octanol–water partition coefficient (Wildman–Crippen LogP) is 2.48. The summed E-state index contributed by atoms with van der Waals surface area (Å²) in [6, 6.07) is 9.57. The summed E-state index contributed by atoms with van der Waals surface area (Å²) in [5.74, 6) is 1.47. The molecule has 1 atom stereocenters. The molecule has 0 aliphatic carbocycles. The van der Waals surface area contributed by atoms with E-state index >= 15 is 0 Å². The first kappa shape index (κ1) is 12.5. The fourth-order valence-corrected chi connectivity index (χ4v) is 1.73. The zero-order chi connectivity index (χ0) is 13.1. The van der Waals surface area contributed by atoms with Crippen molar-refractivity contribution in [3.05, 3.63) is 41.9 Å². The van der Waals surface area contributed by atoms with Crippen molar-refractivity contribution in [2.24, 2.45) is 5.73 Å². The van der Waals surface area contributed by atoms with Crippen molar-refractivity contribution in [1.29, 1.82) is 0 Å². The van der Waals surface area contributed by atoms with Crippen molar-refractivity contribution in [1.82, 2.24) is 9.97 Å². The Balaban J connectivity index is 2.49. The lowest BCUT2D eigenvalue weighted by atomic mass is 10.1. The van der Waals surface area contributed by atoms with Gasteiger partial charge in [0.1, 0.15) is 11.6 Å². The zero-order valence-corrected chi connectivity index (χ0v) is 10.8. The Labute approximate surface area is 107 Å². The second-order valence-corrected chi connectivity index (χ2v) is 4.27. The summed E-state index contributed by atoms with van der Waals surface area (Å²) in [4.78, 5) is 8.82. The summed E-state index contributed by atoms with van der Waals surface area (Å²) in [6.07, 6.45) is 0. The lowest BCUT2D eigenvalue weighted by Gasteiger charge is -2.09. The van der Waals surface area contributed by atoms with Crippen LogP contribution in [0, 0.1) is 6.92 Å². The molecule has 94 valence electrons. The molecular formula is C14H17N3O. The molecule has 2 N–H and O–H groups in total. The van der Waals surface area contributed by atoms with Crippen LogP contribution in [0.15, 0.2) is 30.3 Å². The van der Waals surface area contributed by atoms with Gasteiger partial charge in [0.05, 0.1) is 18.8 Å². The van der Waals surface area contributed by atoms with E-state index in [1.54, 1.807) is 7.11 Å². The van der Waals surface area contributed by atoms with E-state index in [0.717, 1.165) is 22.7 Å². The van der Waals surface area contributed by atoms with Crippen LogP contribution in [0.1, 0.15) is 24.5 Å². The Bertz CT molecular complexity index is 552. The van der Waals surface area contributed by atoms with Gasteiger partial charge >= 0.3 is 0 Å². The highest BCUT2D eigenvalue weighted by Crippen LogP contribution is 2.23. The molecule has 0 aliphatic heterocycles. The van der Waals surface area contributed by atoms with Crippen molar-refractivity contribution in [3.8, 4) is 17.0 Å². The highest BCUT2D eigenvalue weighted by molar-refractivity contribution is 5.61. The van der Waals surface area contributed by atoms with E-state index in [0.29, 0.717) is 5.82 Å². The van der Waals surface area contributed by atoms with Gasteiger partial charge in [-0.2, -0.15) is 0 Å². The van der Waals surface area contributed by atoms with Crippen LogP contribution < -0.4 is 10.5 Å². The van der Waals surface area contributed by atoms with Crippen molar-refractivity contribution in [2.75, 3.05) is 7.11 Å². The van der Waals surface area contributed by atoms with E-state index in [1.807, 2.05) is 44.2 Å². The average Bonchev–Trinajstić information content (AvgIpc) is 2.38. The van der Waals surface area contributed by atoms with E-state index in [-0.39, 0.29) is 6.04 Å². The van der Waals surface area contributed by atoms with Crippen LogP contribution in [0.4, 0.5) is 0 Å². The van der Waals surface area contributed by atoms with Crippen molar-refractivity contribution < 1.29 is 4.74 Å². The molecule has 4 nitrogen and oxygen atoms in total. The molecule has 4 heteroatoms. The van der Waals surface area contributed by atoms with Crippen LogP contribution in [0.25, 0.3) is 11.3 Å². The standard InChI is InChI=1S/C14H17N3O/c1-9-7-13(17-14(16-9)10(2)15)11-5-4-6-12(8-11)18-3/h4-8,10H,15H2,1-3H3. The monoisotopic (exact) mass is 243 g/mol. The maximum atomic E-state index is 5.84. The average molecular weight is 243 g/mol. The molecule has 1 heterocycles. The number of nitrogens with zero attached hydrogens (tertiary/aromatic N) is 2. The summed E-state index contributed by atoms with van der Waals surface area (Å²) in [5.41, 5.74) is 8.62. The molecule has 18 heavy (non-hydrogen) atoms. The first-order chi connectivity index (χ1) is 8.60. The molecule has 0 saturated heterocycles. The minimum atomic E-state index is -0.172. The van der Waals surface area contributed by atoms with E-state index in [4.69, 9.17) is 10.5 Å². The first-order valence-electron chi connectivity index (χ1n) is 5.85. The molecule has 1 unspecified atom stereocenters. The zero-order valence-electron chi connectivity index (χ0n) is 10.8. The molecule has 0 bridgehead atoms. The highest BCUT2D eigenvalue weighted by atomic mass is 16.5.